The van der Waals surface area contributed by atoms with Crippen LogP contribution in [0.3, 0.4) is 0 Å². The molecule has 14 heavy (non-hydrogen) atoms. The SMILES string of the molecule is COP(=O)(OC)C1(O)C=CCCCC1. The predicted molar refractivity (Wildman–Crippen MR) is 54.2 cm³/mol. The quantitative estimate of drug-likeness (QED) is 0.585. The average molecular weight is 220 g/mol. The Kier molecular flexibility index (Phi) is 3.90. The summed E-state index contributed by atoms with van der Waals surface area (Å²) in [5, 5.41) is 8.72. The topological polar surface area (TPSA) is 55.8 Å². The highest BCUT2D eigenvalue weighted by molar-refractivity contribution is 7.55. The van der Waals surface area contributed by atoms with Crippen LogP contribution in [0.15, 0.2) is 12.2 Å². The maximum Gasteiger partial charge on any atom is 0.365 e. The van der Waals surface area contributed by atoms with Crippen LogP contribution in [0, 0.1) is 0 Å². The second kappa shape index (κ2) is 4.58. The Balaban J connectivity index is 2.95. The molecule has 0 heterocycles. The Hall–Kier alpha value is -0.150. The van der Waals surface area contributed by atoms with Gasteiger partial charge in [-0.3, -0.25) is 4.57 Å². The van der Waals surface area contributed by atoms with Gasteiger partial charge in [-0.2, -0.15) is 0 Å². The molecular weight excluding hydrogens is 203 g/mol. The summed E-state index contributed by atoms with van der Waals surface area (Å²) in [5.41, 5.74) is 0. The van der Waals surface area contributed by atoms with Gasteiger partial charge in [0, 0.05) is 14.2 Å². The van der Waals surface area contributed by atoms with E-state index < -0.39 is 12.9 Å². The van der Waals surface area contributed by atoms with Crippen molar-refractivity contribution >= 4 is 7.60 Å². The second-order valence-electron chi connectivity index (χ2n) is 3.39. The number of aliphatic hydroxyl groups is 1. The third-order valence-corrected chi connectivity index (χ3v) is 4.79. The lowest BCUT2D eigenvalue weighted by Crippen LogP contribution is -2.26. The Morgan fingerprint density at radius 2 is 2.00 bits per heavy atom. The largest absolute Gasteiger partial charge is 0.374 e. The second-order valence-corrected chi connectivity index (χ2v) is 5.89. The number of hydrogen-bond acceptors (Lipinski definition) is 4. The fraction of sp³-hybridized carbons (Fsp3) is 0.778. The molecule has 1 atom stereocenters. The highest BCUT2D eigenvalue weighted by atomic mass is 31.2. The molecule has 0 spiro atoms. The van der Waals surface area contributed by atoms with E-state index in [1.807, 2.05) is 6.08 Å². The molecule has 4 nitrogen and oxygen atoms in total. The summed E-state index contributed by atoms with van der Waals surface area (Å²) in [7, 11) is -0.842. The monoisotopic (exact) mass is 220 g/mol. The van der Waals surface area contributed by atoms with E-state index in [2.05, 4.69) is 0 Å². The lowest BCUT2D eigenvalue weighted by atomic mass is 10.2. The predicted octanol–water partition coefficient (Wildman–Crippen LogP) is 2.29. The van der Waals surface area contributed by atoms with E-state index in [0.29, 0.717) is 6.42 Å². The Morgan fingerprint density at radius 1 is 1.36 bits per heavy atom. The molecule has 0 fully saturated rings. The summed E-state index contributed by atoms with van der Waals surface area (Å²) in [5.74, 6) is 0. The fourth-order valence-corrected chi connectivity index (χ4v) is 3.12. The minimum absolute atomic E-state index is 0.419. The third kappa shape index (κ3) is 2.09. The first-order chi connectivity index (χ1) is 6.58. The molecule has 0 aromatic carbocycles. The highest BCUT2D eigenvalue weighted by Crippen LogP contribution is 2.60. The Labute approximate surface area is 84.4 Å². The van der Waals surface area contributed by atoms with Gasteiger partial charge in [-0.1, -0.05) is 6.08 Å². The molecule has 0 saturated heterocycles. The van der Waals surface area contributed by atoms with E-state index in [1.165, 1.54) is 14.2 Å². The van der Waals surface area contributed by atoms with Gasteiger partial charge in [0.1, 0.15) is 0 Å². The molecule has 5 heteroatoms. The van der Waals surface area contributed by atoms with E-state index in [4.69, 9.17) is 9.05 Å². The molecule has 0 radical (unpaired) electrons. The minimum Gasteiger partial charge on any atom is -0.374 e. The van der Waals surface area contributed by atoms with E-state index in [9.17, 15) is 9.67 Å². The van der Waals surface area contributed by atoms with Gasteiger partial charge in [-0.15, -0.1) is 0 Å². The number of rotatable bonds is 3. The summed E-state index contributed by atoms with van der Waals surface area (Å²) in [6.07, 6.45) is 6.51. The van der Waals surface area contributed by atoms with Crippen LogP contribution < -0.4 is 0 Å². The highest BCUT2D eigenvalue weighted by Gasteiger charge is 2.46. The molecule has 82 valence electrons. The molecule has 1 rings (SSSR count). The molecule has 1 aliphatic carbocycles. The Bertz CT molecular complexity index is 256. The normalized spacial score (nSPS) is 28.8. The van der Waals surface area contributed by atoms with E-state index >= 15 is 0 Å². The van der Waals surface area contributed by atoms with Crippen LogP contribution in [0.1, 0.15) is 25.7 Å². The van der Waals surface area contributed by atoms with Crippen molar-refractivity contribution < 1.29 is 18.7 Å². The van der Waals surface area contributed by atoms with Crippen molar-refractivity contribution in [2.24, 2.45) is 0 Å². The van der Waals surface area contributed by atoms with Gasteiger partial charge in [-0.05, 0) is 31.8 Å². The van der Waals surface area contributed by atoms with Crippen molar-refractivity contribution in [2.45, 2.75) is 31.0 Å². The average Bonchev–Trinajstić information content (AvgIpc) is 2.43. The third-order valence-electron chi connectivity index (χ3n) is 2.51. The zero-order valence-corrected chi connectivity index (χ0v) is 9.50. The zero-order valence-electron chi connectivity index (χ0n) is 8.60. The smallest absolute Gasteiger partial charge is 0.365 e. The van der Waals surface area contributed by atoms with Crippen LogP contribution in [0.25, 0.3) is 0 Å². The number of hydrogen-bond donors (Lipinski definition) is 1. The molecule has 0 saturated carbocycles. The molecule has 1 aliphatic rings. The summed E-state index contributed by atoms with van der Waals surface area (Å²) in [4.78, 5) is 0. The standard InChI is InChI=1S/C9H17O4P/c1-12-14(11,13-2)9(10)7-5-3-4-6-8-9/h5,7,10H,3-4,6,8H2,1-2H3. The first kappa shape index (κ1) is 11.9. The van der Waals surface area contributed by atoms with E-state index in [1.54, 1.807) is 6.08 Å². The van der Waals surface area contributed by atoms with E-state index in [0.717, 1.165) is 19.3 Å². The minimum atomic E-state index is -3.43. The lowest BCUT2D eigenvalue weighted by Gasteiger charge is -2.29. The van der Waals surface area contributed by atoms with Crippen LogP contribution in [0.2, 0.25) is 0 Å². The fourth-order valence-electron chi connectivity index (χ4n) is 1.62. The van der Waals surface area contributed by atoms with Crippen molar-refractivity contribution in [2.75, 3.05) is 14.2 Å². The lowest BCUT2D eigenvalue weighted by molar-refractivity contribution is 0.110. The van der Waals surface area contributed by atoms with Gasteiger partial charge < -0.3 is 14.2 Å². The van der Waals surface area contributed by atoms with Crippen molar-refractivity contribution in [3.05, 3.63) is 12.2 Å². The van der Waals surface area contributed by atoms with Crippen LogP contribution in [-0.2, 0) is 13.6 Å². The first-order valence-corrected chi connectivity index (χ1v) is 6.24. The molecule has 1 unspecified atom stereocenters. The molecule has 0 bridgehead atoms. The maximum absolute atomic E-state index is 12.0. The van der Waals surface area contributed by atoms with E-state index in [-0.39, 0.29) is 0 Å². The van der Waals surface area contributed by atoms with Gasteiger partial charge in [0.2, 0.25) is 0 Å². The van der Waals surface area contributed by atoms with Crippen LogP contribution in [0.5, 0.6) is 0 Å². The van der Waals surface area contributed by atoms with Crippen LogP contribution in [-0.4, -0.2) is 24.7 Å². The van der Waals surface area contributed by atoms with Crippen molar-refractivity contribution in [1.82, 2.24) is 0 Å². The van der Waals surface area contributed by atoms with Crippen molar-refractivity contribution in [1.29, 1.82) is 0 Å². The molecule has 0 aliphatic heterocycles. The van der Waals surface area contributed by atoms with Gasteiger partial charge in [0.25, 0.3) is 0 Å². The summed E-state index contributed by atoms with van der Waals surface area (Å²) < 4.78 is 21.7. The Morgan fingerprint density at radius 3 is 2.57 bits per heavy atom. The van der Waals surface area contributed by atoms with Gasteiger partial charge in [0.15, 0.2) is 5.34 Å². The molecule has 0 amide bonds. The maximum atomic E-state index is 12.0. The zero-order chi connectivity index (χ0) is 10.7. The van der Waals surface area contributed by atoms with Crippen LogP contribution >= 0.6 is 7.60 Å². The van der Waals surface area contributed by atoms with Crippen LogP contribution in [0.4, 0.5) is 0 Å². The van der Waals surface area contributed by atoms with Gasteiger partial charge in [0.05, 0.1) is 0 Å². The molecule has 0 aromatic rings. The first-order valence-electron chi connectivity index (χ1n) is 4.70. The van der Waals surface area contributed by atoms with Gasteiger partial charge >= 0.3 is 7.60 Å². The van der Waals surface area contributed by atoms with Crippen molar-refractivity contribution in [3.63, 3.8) is 0 Å². The van der Waals surface area contributed by atoms with Crippen molar-refractivity contribution in [3.8, 4) is 0 Å². The summed E-state index contributed by atoms with van der Waals surface area (Å²) in [6, 6.07) is 0. The molecular formula is C9H17O4P. The summed E-state index contributed by atoms with van der Waals surface area (Å²) in [6.45, 7) is 0. The molecule has 0 aromatic heterocycles. The molecule has 1 N–H and O–H groups in total. The van der Waals surface area contributed by atoms with Gasteiger partial charge in [-0.25, -0.2) is 0 Å². The summed E-state index contributed by atoms with van der Waals surface area (Å²) >= 11 is 0. The number of allylic oxidation sites excluding steroid dienone is 1.